The second kappa shape index (κ2) is 6.55. The minimum absolute atomic E-state index is 0.00120. The van der Waals surface area contributed by atoms with Crippen LogP contribution in [0.15, 0.2) is 48.5 Å². The first-order valence-electron chi connectivity index (χ1n) is 8.95. The lowest BCUT2D eigenvalue weighted by molar-refractivity contribution is -0.133. The molecule has 0 spiro atoms. The molecule has 0 radical (unpaired) electrons. The molecule has 2 aromatic carbocycles. The number of carbonyl (C=O) groups is 3. The molecule has 0 aliphatic carbocycles. The third kappa shape index (κ3) is 2.62. The summed E-state index contributed by atoms with van der Waals surface area (Å²) in [7, 11) is 3.34. The van der Waals surface area contributed by atoms with Crippen molar-refractivity contribution in [3.8, 4) is 0 Å². The van der Waals surface area contributed by atoms with Crippen LogP contribution in [0.25, 0.3) is 10.9 Å². The second-order valence-electron chi connectivity index (χ2n) is 7.41. The number of para-hydroxylation sites is 1. The summed E-state index contributed by atoms with van der Waals surface area (Å²) in [6, 6.07) is 14.9. The standard InChI is InChI=1S/C22H19IN2O3/c1-22(12-17(26)13-8-10-14(23)11-9-13)19-18(20(27)25(3)21(22)28)15-6-4-5-7-16(15)24(19)2/h4-11H,12H2,1-3H3. The van der Waals surface area contributed by atoms with Crippen LogP contribution in [0.4, 0.5) is 0 Å². The molecule has 1 aromatic heterocycles. The Morgan fingerprint density at radius 3 is 2.36 bits per heavy atom. The van der Waals surface area contributed by atoms with E-state index < -0.39 is 5.41 Å². The highest BCUT2D eigenvalue weighted by atomic mass is 127. The van der Waals surface area contributed by atoms with Crippen molar-refractivity contribution in [1.29, 1.82) is 0 Å². The van der Waals surface area contributed by atoms with Gasteiger partial charge in [0, 0.05) is 46.2 Å². The lowest BCUT2D eigenvalue weighted by Crippen LogP contribution is -2.52. The fraction of sp³-hybridized carbons (Fsp3) is 0.227. The Balaban J connectivity index is 1.90. The zero-order valence-electron chi connectivity index (χ0n) is 15.8. The minimum atomic E-state index is -1.12. The first-order valence-corrected chi connectivity index (χ1v) is 10.0. The van der Waals surface area contributed by atoms with Gasteiger partial charge >= 0.3 is 0 Å². The monoisotopic (exact) mass is 486 g/mol. The quantitative estimate of drug-likeness (QED) is 0.321. The normalized spacial score (nSPS) is 19.2. The molecule has 0 bridgehead atoms. The van der Waals surface area contributed by atoms with Gasteiger partial charge < -0.3 is 4.57 Å². The summed E-state index contributed by atoms with van der Waals surface area (Å²) in [5, 5.41) is 0.803. The fourth-order valence-corrected chi connectivity index (χ4v) is 4.57. The van der Waals surface area contributed by atoms with Gasteiger partial charge in [-0.1, -0.05) is 30.3 Å². The van der Waals surface area contributed by atoms with Crippen LogP contribution in [0.3, 0.4) is 0 Å². The molecule has 142 valence electrons. The summed E-state index contributed by atoms with van der Waals surface area (Å²) >= 11 is 2.19. The largest absolute Gasteiger partial charge is 0.346 e. The van der Waals surface area contributed by atoms with E-state index in [0.29, 0.717) is 16.8 Å². The summed E-state index contributed by atoms with van der Waals surface area (Å²) in [6.07, 6.45) is 0.00120. The number of hydrogen-bond acceptors (Lipinski definition) is 3. The zero-order valence-corrected chi connectivity index (χ0v) is 18.0. The van der Waals surface area contributed by atoms with Crippen molar-refractivity contribution >= 4 is 51.1 Å². The molecule has 1 atom stereocenters. The lowest BCUT2D eigenvalue weighted by atomic mass is 9.75. The van der Waals surface area contributed by atoms with Crippen molar-refractivity contribution in [2.45, 2.75) is 18.8 Å². The van der Waals surface area contributed by atoms with Gasteiger partial charge in [0.1, 0.15) is 0 Å². The predicted molar refractivity (Wildman–Crippen MR) is 115 cm³/mol. The van der Waals surface area contributed by atoms with Crippen molar-refractivity contribution in [2.24, 2.45) is 7.05 Å². The summed E-state index contributed by atoms with van der Waals surface area (Å²) < 4.78 is 2.92. The molecule has 28 heavy (non-hydrogen) atoms. The maximum atomic E-state index is 13.2. The van der Waals surface area contributed by atoms with E-state index in [1.54, 1.807) is 19.1 Å². The number of aryl methyl sites for hydroxylation is 1. The SMILES string of the molecule is CN1C(=O)c2c(n(C)c3ccccc23)C(C)(CC(=O)c2ccc(I)cc2)C1=O. The van der Waals surface area contributed by atoms with Crippen molar-refractivity contribution in [3.63, 3.8) is 0 Å². The highest BCUT2D eigenvalue weighted by Gasteiger charge is 2.50. The molecule has 2 heterocycles. The van der Waals surface area contributed by atoms with E-state index in [-0.39, 0.29) is 24.0 Å². The molecule has 0 saturated heterocycles. The van der Waals surface area contributed by atoms with Crippen LogP contribution in [0.1, 0.15) is 39.8 Å². The number of rotatable bonds is 3. The Morgan fingerprint density at radius 1 is 1.04 bits per heavy atom. The lowest BCUT2D eigenvalue weighted by Gasteiger charge is -2.37. The second-order valence-corrected chi connectivity index (χ2v) is 8.65. The van der Waals surface area contributed by atoms with E-state index in [1.807, 2.05) is 48.0 Å². The Bertz CT molecular complexity index is 1150. The van der Waals surface area contributed by atoms with Crippen LogP contribution in [-0.2, 0) is 17.3 Å². The average molecular weight is 486 g/mol. The van der Waals surface area contributed by atoms with Crippen LogP contribution in [0.5, 0.6) is 0 Å². The molecule has 1 unspecified atom stereocenters. The van der Waals surface area contributed by atoms with Gasteiger partial charge in [-0.25, -0.2) is 0 Å². The van der Waals surface area contributed by atoms with Crippen LogP contribution >= 0.6 is 22.6 Å². The highest BCUT2D eigenvalue weighted by molar-refractivity contribution is 14.1. The van der Waals surface area contributed by atoms with Gasteiger partial charge in [-0.15, -0.1) is 0 Å². The van der Waals surface area contributed by atoms with Crippen molar-refractivity contribution < 1.29 is 14.4 Å². The van der Waals surface area contributed by atoms with Gasteiger partial charge in [0.15, 0.2) is 5.78 Å². The third-order valence-electron chi connectivity index (χ3n) is 5.61. The Kier molecular flexibility index (Phi) is 4.41. The van der Waals surface area contributed by atoms with Gasteiger partial charge in [0.05, 0.1) is 11.0 Å². The number of nitrogens with zero attached hydrogens (tertiary/aromatic N) is 2. The highest BCUT2D eigenvalue weighted by Crippen LogP contribution is 2.42. The van der Waals surface area contributed by atoms with E-state index >= 15 is 0 Å². The molecule has 0 N–H and O–H groups in total. The number of imide groups is 1. The van der Waals surface area contributed by atoms with Crippen molar-refractivity contribution in [1.82, 2.24) is 9.47 Å². The first kappa shape index (κ1) is 18.9. The van der Waals surface area contributed by atoms with E-state index in [9.17, 15) is 14.4 Å². The van der Waals surface area contributed by atoms with Crippen molar-refractivity contribution in [2.75, 3.05) is 7.05 Å². The minimum Gasteiger partial charge on any atom is -0.346 e. The number of aromatic nitrogens is 1. The van der Waals surface area contributed by atoms with Gasteiger partial charge in [-0.3, -0.25) is 19.3 Å². The molecule has 4 rings (SSSR count). The van der Waals surface area contributed by atoms with Gasteiger partial charge in [-0.2, -0.15) is 0 Å². The van der Waals surface area contributed by atoms with Gasteiger partial charge in [-0.05, 0) is 47.7 Å². The number of ketones is 1. The number of Topliss-reactive ketones (excluding diaryl/α,β-unsaturated/α-hetero) is 1. The van der Waals surface area contributed by atoms with Crippen molar-refractivity contribution in [3.05, 3.63) is 68.9 Å². The number of hydrogen-bond donors (Lipinski definition) is 0. The first-order chi connectivity index (χ1) is 13.3. The van der Waals surface area contributed by atoms with E-state index in [0.717, 1.165) is 19.4 Å². The third-order valence-corrected chi connectivity index (χ3v) is 6.32. The molecule has 2 amide bonds. The number of likely N-dealkylation sites (N-methyl/N-ethyl adjacent to an activating group) is 1. The molecule has 0 saturated carbocycles. The van der Waals surface area contributed by atoms with Gasteiger partial charge in [0.2, 0.25) is 5.91 Å². The van der Waals surface area contributed by atoms with Crippen LogP contribution < -0.4 is 0 Å². The topological polar surface area (TPSA) is 59.4 Å². The number of fused-ring (bicyclic) bond motifs is 3. The Labute approximate surface area is 176 Å². The Hall–Kier alpha value is -2.48. The summed E-state index contributed by atoms with van der Waals surface area (Å²) in [5.41, 5.74) is 1.44. The molecule has 6 heteroatoms. The number of amides is 2. The summed E-state index contributed by atoms with van der Waals surface area (Å²) in [4.78, 5) is 40.3. The fourth-order valence-electron chi connectivity index (χ4n) is 4.21. The maximum Gasteiger partial charge on any atom is 0.262 e. The average Bonchev–Trinajstić information content (AvgIpc) is 2.99. The molecular weight excluding hydrogens is 467 g/mol. The molecule has 1 aliphatic heterocycles. The molecular formula is C22H19IN2O3. The maximum absolute atomic E-state index is 13.2. The summed E-state index contributed by atoms with van der Waals surface area (Å²) in [6.45, 7) is 1.76. The summed E-state index contributed by atoms with van der Waals surface area (Å²) in [5.74, 6) is -0.794. The smallest absolute Gasteiger partial charge is 0.262 e. The van der Waals surface area contributed by atoms with Gasteiger partial charge in [0.25, 0.3) is 5.91 Å². The zero-order chi connectivity index (χ0) is 20.2. The van der Waals surface area contributed by atoms with E-state index in [2.05, 4.69) is 22.6 Å². The molecule has 1 aliphatic rings. The van der Waals surface area contributed by atoms with E-state index in [4.69, 9.17) is 0 Å². The number of halogens is 1. The molecule has 5 nitrogen and oxygen atoms in total. The Morgan fingerprint density at radius 2 is 1.68 bits per heavy atom. The van der Waals surface area contributed by atoms with Crippen LogP contribution in [0, 0.1) is 3.57 Å². The number of benzene rings is 2. The molecule has 0 fully saturated rings. The molecule has 3 aromatic rings. The predicted octanol–water partition coefficient (Wildman–Crippen LogP) is 3.93. The van der Waals surface area contributed by atoms with Crippen LogP contribution in [-0.4, -0.2) is 34.1 Å². The number of carbonyl (C=O) groups excluding carboxylic acids is 3. The van der Waals surface area contributed by atoms with E-state index in [1.165, 1.54) is 7.05 Å². The van der Waals surface area contributed by atoms with Crippen LogP contribution in [0.2, 0.25) is 0 Å².